The Morgan fingerprint density at radius 1 is 0.463 bits per heavy atom. The van der Waals surface area contributed by atoms with Crippen molar-refractivity contribution in [3.8, 4) is 51.0 Å². The maximum atomic E-state index is 5.10. The van der Waals surface area contributed by atoms with Gasteiger partial charge in [-0.3, -0.25) is 0 Å². The Kier molecular flexibility index (Phi) is 6.97. The highest BCUT2D eigenvalue weighted by atomic mass is 32.1. The maximum Gasteiger partial charge on any atom is 0.160 e. The molecule has 7 aromatic carbocycles. The third kappa shape index (κ3) is 4.85. The summed E-state index contributed by atoms with van der Waals surface area (Å²) in [7, 11) is 0. The van der Waals surface area contributed by atoms with Crippen LogP contribution in [0.25, 0.3) is 104 Å². The molecule has 4 aromatic heterocycles. The third-order valence-electron chi connectivity index (χ3n) is 10.3. The topological polar surface area (TPSA) is 56.5 Å². The number of nitrogens with zero attached hydrogens (tertiary/aromatic N) is 5. The summed E-state index contributed by atoms with van der Waals surface area (Å²) < 4.78 is 4.90. The number of rotatable bonds is 5. The van der Waals surface area contributed by atoms with E-state index in [1.807, 2.05) is 66.2 Å². The summed E-state index contributed by atoms with van der Waals surface area (Å²) in [6.45, 7) is 0. The molecule has 0 unspecified atom stereocenters. The fourth-order valence-corrected chi connectivity index (χ4v) is 9.15. The molecule has 6 heteroatoms. The van der Waals surface area contributed by atoms with Crippen molar-refractivity contribution < 1.29 is 0 Å². The number of hydrogen-bond donors (Lipinski definition) is 0. The molecule has 0 aliphatic carbocycles. The predicted molar refractivity (Wildman–Crippen MR) is 224 cm³/mol. The van der Waals surface area contributed by atoms with Crippen LogP contribution in [0.15, 0.2) is 176 Å². The quantitative estimate of drug-likeness (QED) is 0.179. The van der Waals surface area contributed by atoms with Gasteiger partial charge in [-0.05, 0) is 53.2 Å². The van der Waals surface area contributed by atoms with E-state index in [1.165, 1.54) is 47.2 Å². The predicted octanol–water partition coefficient (Wildman–Crippen LogP) is 12.6. The average Bonchev–Trinajstić information content (AvgIpc) is 3.81. The number of hydrogen-bond acceptors (Lipinski definition) is 5. The van der Waals surface area contributed by atoms with Crippen LogP contribution in [0.2, 0.25) is 0 Å². The van der Waals surface area contributed by atoms with Gasteiger partial charge in [-0.15, -0.1) is 11.3 Å². The van der Waals surface area contributed by atoms with Gasteiger partial charge in [-0.25, -0.2) is 19.9 Å². The molecule has 54 heavy (non-hydrogen) atoms. The zero-order valence-corrected chi connectivity index (χ0v) is 29.7. The zero-order valence-electron chi connectivity index (χ0n) is 28.9. The van der Waals surface area contributed by atoms with Crippen LogP contribution in [0.3, 0.4) is 0 Å². The zero-order chi connectivity index (χ0) is 35.6. The molecule has 0 aliphatic rings. The Labute approximate surface area is 314 Å². The van der Waals surface area contributed by atoms with Crippen LogP contribution in [0.5, 0.6) is 0 Å². The molecule has 0 bridgehead atoms. The van der Waals surface area contributed by atoms with Crippen molar-refractivity contribution in [3.05, 3.63) is 176 Å². The minimum absolute atomic E-state index is 0.704. The van der Waals surface area contributed by atoms with E-state index in [2.05, 4.69) is 126 Å². The summed E-state index contributed by atoms with van der Waals surface area (Å²) in [5.41, 5.74) is 9.30. The van der Waals surface area contributed by atoms with E-state index in [9.17, 15) is 0 Å². The number of aromatic nitrogens is 5. The molecule has 252 valence electrons. The Morgan fingerprint density at radius 3 is 1.87 bits per heavy atom. The average molecular weight is 708 g/mol. The van der Waals surface area contributed by atoms with Crippen molar-refractivity contribution in [1.82, 2.24) is 24.5 Å². The molecule has 0 saturated heterocycles. The Bertz CT molecular complexity index is 3130. The van der Waals surface area contributed by atoms with Crippen LogP contribution >= 0.6 is 11.3 Å². The van der Waals surface area contributed by atoms with Gasteiger partial charge < -0.3 is 4.57 Å². The molecule has 11 aromatic rings. The molecular formula is C48H29N5S. The molecule has 0 atom stereocenters. The van der Waals surface area contributed by atoms with Crippen LogP contribution in [0, 0.1) is 0 Å². The Hall–Kier alpha value is -7.02. The monoisotopic (exact) mass is 707 g/mol. The Balaban J connectivity index is 1.18. The van der Waals surface area contributed by atoms with E-state index < -0.39 is 0 Å². The molecule has 5 nitrogen and oxygen atoms in total. The number of benzene rings is 7. The highest BCUT2D eigenvalue weighted by Gasteiger charge is 2.23. The minimum atomic E-state index is 0.704. The molecule has 0 fully saturated rings. The summed E-state index contributed by atoms with van der Waals surface area (Å²) >= 11 is 1.84. The van der Waals surface area contributed by atoms with Crippen LogP contribution in [-0.4, -0.2) is 24.5 Å². The molecule has 0 N–H and O–H groups in total. The summed E-state index contributed by atoms with van der Waals surface area (Å²) in [5.74, 6) is 1.43. The Morgan fingerprint density at radius 2 is 1.11 bits per heavy atom. The van der Waals surface area contributed by atoms with Gasteiger partial charge in [0, 0.05) is 66.6 Å². The highest BCUT2D eigenvalue weighted by molar-refractivity contribution is 7.26. The van der Waals surface area contributed by atoms with Gasteiger partial charge >= 0.3 is 0 Å². The first kappa shape index (κ1) is 30.6. The van der Waals surface area contributed by atoms with Crippen molar-refractivity contribution in [1.29, 1.82) is 0 Å². The molecule has 0 amide bonds. The second-order valence-electron chi connectivity index (χ2n) is 13.5. The molecule has 0 spiro atoms. The molecular weight excluding hydrogens is 679 g/mol. The number of fused-ring (bicyclic) bond motifs is 9. The van der Waals surface area contributed by atoms with Crippen molar-refractivity contribution in [2.75, 3.05) is 0 Å². The standard InChI is InChI=1S/C48H29N5S/c1-3-13-31(14-4-1)39-29-40(52-47(51-39)33-15-5-2-6-16-33)32-20-23-34(24-21-32)53-41-25-22-30-12-7-8-17-35(30)43(41)37-28-38(48-49-26-11-27-50-48)44-36-18-9-10-19-42(36)54-46(44)45(37)53/h1-29H. The van der Waals surface area contributed by atoms with Crippen LogP contribution in [0.1, 0.15) is 0 Å². The fraction of sp³-hybridized carbons (Fsp3) is 0. The summed E-state index contributed by atoms with van der Waals surface area (Å²) in [6, 6.07) is 57.5. The molecule has 11 rings (SSSR count). The van der Waals surface area contributed by atoms with Crippen molar-refractivity contribution in [2.45, 2.75) is 0 Å². The van der Waals surface area contributed by atoms with Gasteiger partial charge in [0.1, 0.15) is 0 Å². The van der Waals surface area contributed by atoms with Gasteiger partial charge in [0.2, 0.25) is 0 Å². The lowest BCUT2D eigenvalue weighted by Gasteiger charge is -2.12. The van der Waals surface area contributed by atoms with Crippen molar-refractivity contribution in [2.24, 2.45) is 0 Å². The lowest BCUT2D eigenvalue weighted by atomic mass is 9.99. The van der Waals surface area contributed by atoms with Gasteiger partial charge in [0.25, 0.3) is 0 Å². The largest absolute Gasteiger partial charge is 0.308 e. The first-order valence-corrected chi connectivity index (χ1v) is 18.8. The third-order valence-corrected chi connectivity index (χ3v) is 11.5. The van der Waals surface area contributed by atoms with Crippen molar-refractivity contribution in [3.63, 3.8) is 0 Å². The normalized spacial score (nSPS) is 11.7. The molecule has 0 saturated carbocycles. The molecule has 0 radical (unpaired) electrons. The van der Waals surface area contributed by atoms with E-state index in [0.29, 0.717) is 5.82 Å². The van der Waals surface area contributed by atoms with Crippen LogP contribution < -0.4 is 0 Å². The summed E-state index contributed by atoms with van der Waals surface area (Å²) in [6.07, 6.45) is 3.66. The number of thiophene rings is 1. The second kappa shape index (κ2) is 12.3. The highest BCUT2D eigenvalue weighted by Crippen LogP contribution is 2.48. The molecule has 4 heterocycles. The van der Waals surface area contributed by atoms with Gasteiger partial charge in [-0.1, -0.05) is 121 Å². The van der Waals surface area contributed by atoms with Gasteiger partial charge in [-0.2, -0.15) is 0 Å². The maximum absolute atomic E-state index is 5.10. The van der Waals surface area contributed by atoms with Crippen LogP contribution in [-0.2, 0) is 0 Å². The lowest BCUT2D eigenvalue weighted by Crippen LogP contribution is -1.97. The SMILES string of the molecule is c1ccc(-c2cc(-c3ccc(-n4c5ccc6ccccc6c5c5cc(-c6ncccn6)c6c7ccccc7sc6c54)cc3)nc(-c3ccccc3)n2)cc1. The van der Waals surface area contributed by atoms with E-state index >= 15 is 0 Å². The first-order valence-electron chi connectivity index (χ1n) is 18.0. The van der Waals surface area contributed by atoms with Crippen molar-refractivity contribution >= 4 is 64.1 Å². The fourth-order valence-electron chi connectivity index (χ4n) is 7.88. The van der Waals surface area contributed by atoms with Gasteiger partial charge in [0.05, 0.1) is 27.1 Å². The van der Waals surface area contributed by atoms with E-state index in [0.717, 1.165) is 50.7 Å². The minimum Gasteiger partial charge on any atom is -0.308 e. The van der Waals surface area contributed by atoms with Gasteiger partial charge in [0.15, 0.2) is 11.6 Å². The van der Waals surface area contributed by atoms with E-state index in [4.69, 9.17) is 19.9 Å². The van der Waals surface area contributed by atoms with Crippen LogP contribution in [0.4, 0.5) is 0 Å². The smallest absolute Gasteiger partial charge is 0.160 e. The summed E-state index contributed by atoms with van der Waals surface area (Å²) in [4.78, 5) is 19.6. The lowest BCUT2D eigenvalue weighted by molar-refractivity contribution is 1.17. The second-order valence-corrected chi connectivity index (χ2v) is 14.5. The summed E-state index contributed by atoms with van der Waals surface area (Å²) in [5, 5.41) is 7.23. The van der Waals surface area contributed by atoms with E-state index in [1.54, 1.807) is 0 Å². The molecule has 0 aliphatic heterocycles. The first-order chi connectivity index (χ1) is 26.8. The van der Waals surface area contributed by atoms with E-state index in [-0.39, 0.29) is 0 Å².